The van der Waals surface area contributed by atoms with E-state index in [-0.39, 0.29) is 26.1 Å². The summed E-state index contributed by atoms with van der Waals surface area (Å²) in [6.45, 7) is 4.26. The first-order chi connectivity index (χ1) is 27.0. The fraction of sp³-hybridized carbons (Fsp3) is 0.696. The molecular weight excluding hydrogens is 725 g/mol. The van der Waals surface area contributed by atoms with Crippen molar-refractivity contribution in [3.63, 3.8) is 0 Å². The zero-order valence-corrected chi connectivity index (χ0v) is 37.0. The van der Waals surface area contributed by atoms with Gasteiger partial charge < -0.3 is 18.9 Å². The van der Waals surface area contributed by atoms with Gasteiger partial charge in [-0.1, -0.05) is 138 Å². The van der Waals surface area contributed by atoms with Crippen molar-refractivity contribution >= 4 is 19.8 Å². The quantitative estimate of drug-likeness (QED) is 0.0216. The highest BCUT2D eigenvalue weighted by Gasteiger charge is 2.27. The number of quaternary nitrogens is 1. The number of carbonyl (C=O) groups excluding carboxylic acids is 2. The second-order valence-corrected chi connectivity index (χ2v) is 16.8. The number of likely N-dealkylation sites (N-methyl/N-ethyl adjacent to an activating group) is 1. The van der Waals surface area contributed by atoms with E-state index < -0.39 is 32.5 Å². The van der Waals surface area contributed by atoms with E-state index in [0.717, 1.165) is 64.2 Å². The van der Waals surface area contributed by atoms with Crippen LogP contribution in [0.4, 0.5) is 0 Å². The highest BCUT2D eigenvalue weighted by atomic mass is 31.2. The number of unbranched alkanes of at least 4 members (excludes halogenated alkanes) is 12. The van der Waals surface area contributed by atoms with Gasteiger partial charge in [-0.2, -0.15) is 0 Å². The molecule has 0 amide bonds. The smallest absolute Gasteiger partial charge is 0.462 e. The number of nitrogens with zero attached hydrogens (tertiary/aromatic N) is 1. The Bertz CT molecular complexity index is 1180. The van der Waals surface area contributed by atoms with Crippen LogP contribution in [-0.2, 0) is 32.7 Å². The fourth-order valence-electron chi connectivity index (χ4n) is 5.28. The Morgan fingerprint density at radius 2 is 1.00 bits per heavy atom. The van der Waals surface area contributed by atoms with Crippen LogP contribution in [0.15, 0.2) is 72.9 Å². The van der Waals surface area contributed by atoms with Crippen LogP contribution in [0.25, 0.3) is 0 Å². The van der Waals surface area contributed by atoms with Crippen molar-refractivity contribution in [2.75, 3.05) is 47.5 Å². The van der Waals surface area contributed by atoms with Crippen LogP contribution in [0, 0.1) is 0 Å². The van der Waals surface area contributed by atoms with Crippen molar-refractivity contribution in [1.82, 2.24) is 0 Å². The average Bonchev–Trinajstić information content (AvgIpc) is 3.15. The molecule has 0 saturated heterocycles. The van der Waals surface area contributed by atoms with E-state index in [2.05, 4.69) is 74.6 Å². The van der Waals surface area contributed by atoms with Crippen LogP contribution in [0.1, 0.15) is 155 Å². The summed E-state index contributed by atoms with van der Waals surface area (Å²) in [5, 5.41) is 0. The minimum Gasteiger partial charge on any atom is -0.462 e. The van der Waals surface area contributed by atoms with E-state index in [9.17, 15) is 19.0 Å². The number of carbonyl (C=O) groups is 2. The Kier molecular flexibility index (Phi) is 36.3. The molecule has 0 rings (SSSR count). The highest BCUT2D eigenvalue weighted by Crippen LogP contribution is 2.43. The molecule has 322 valence electrons. The first-order valence-corrected chi connectivity index (χ1v) is 23.2. The molecule has 0 saturated carbocycles. The summed E-state index contributed by atoms with van der Waals surface area (Å²) in [6.07, 6.45) is 46.8. The SMILES string of the molecule is CCCCC/C=C\C/C=C\C/C=C\C/C=C\C/C=C\CCC(=O)OC[C@H](COP(=O)(O)OCC[N+](C)(C)C)OC(=O)CCCCCCC/C=C\CCCCCC. The largest absolute Gasteiger partial charge is 0.472 e. The van der Waals surface area contributed by atoms with Gasteiger partial charge in [-0.25, -0.2) is 4.57 Å². The summed E-state index contributed by atoms with van der Waals surface area (Å²) in [5.74, 6) is -0.912. The first-order valence-electron chi connectivity index (χ1n) is 21.7. The number of phosphoric ester groups is 1. The van der Waals surface area contributed by atoms with E-state index >= 15 is 0 Å². The third-order valence-corrected chi connectivity index (χ3v) is 9.71. The van der Waals surface area contributed by atoms with E-state index in [1.165, 1.54) is 51.4 Å². The topological polar surface area (TPSA) is 108 Å². The Morgan fingerprint density at radius 3 is 1.55 bits per heavy atom. The lowest BCUT2D eigenvalue weighted by Crippen LogP contribution is -2.37. The molecule has 56 heavy (non-hydrogen) atoms. The molecule has 0 fully saturated rings. The molecule has 0 aromatic heterocycles. The van der Waals surface area contributed by atoms with Crippen molar-refractivity contribution in [1.29, 1.82) is 0 Å². The molecule has 0 spiro atoms. The van der Waals surface area contributed by atoms with Crippen molar-refractivity contribution in [2.24, 2.45) is 0 Å². The maximum atomic E-state index is 12.7. The number of esters is 2. The first kappa shape index (κ1) is 53.5. The molecule has 2 atom stereocenters. The number of phosphoric acid groups is 1. The summed E-state index contributed by atoms with van der Waals surface area (Å²) in [7, 11) is 1.42. The fourth-order valence-corrected chi connectivity index (χ4v) is 6.02. The van der Waals surface area contributed by atoms with Crippen LogP contribution in [-0.4, -0.2) is 74.9 Å². The molecule has 0 aromatic carbocycles. The van der Waals surface area contributed by atoms with E-state index in [1.54, 1.807) is 0 Å². The molecule has 0 aromatic rings. The second kappa shape index (κ2) is 38.0. The summed E-state index contributed by atoms with van der Waals surface area (Å²) in [5.41, 5.74) is 0. The van der Waals surface area contributed by atoms with Crippen LogP contribution >= 0.6 is 7.82 Å². The number of allylic oxidation sites excluding steroid dienone is 12. The van der Waals surface area contributed by atoms with Crippen molar-refractivity contribution < 1.29 is 42.1 Å². The molecule has 0 heterocycles. The molecule has 0 radical (unpaired) electrons. The Hall–Kier alpha value is -2.55. The zero-order chi connectivity index (χ0) is 41.4. The van der Waals surface area contributed by atoms with Gasteiger partial charge in [0, 0.05) is 12.8 Å². The molecule has 0 aliphatic heterocycles. The van der Waals surface area contributed by atoms with Gasteiger partial charge in [0.05, 0.1) is 27.7 Å². The normalized spacial score (nSPS) is 14.3. The number of rotatable bonds is 38. The summed E-state index contributed by atoms with van der Waals surface area (Å²) >= 11 is 0. The summed E-state index contributed by atoms with van der Waals surface area (Å²) in [6, 6.07) is 0. The zero-order valence-electron chi connectivity index (χ0n) is 36.1. The molecule has 1 N–H and O–H groups in total. The van der Waals surface area contributed by atoms with E-state index in [0.29, 0.717) is 23.9 Å². The monoisotopic (exact) mass is 807 g/mol. The summed E-state index contributed by atoms with van der Waals surface area (Å²) in [4.78, 5) is 35.3. The molecule has 0 aliphatic carbocycles. The van der Waals surface area contributed by atoms with Gasteiger partial charge in [-0.3, -0.25) is 18.6 Å². The number of ether oxygens (including phenoxy) is 2. The third-order valence-electron chi connectivity index (χ3n) is 8.72. The van der Waals surface area contributed by atoms with Crippen molar-refractivity contribution in [3.05, 3.63) is 72.9 Å². The average molecular weight is 807 g/mol. The van der Waals surface area contributed by atoms with Crippen LogP contribution in [0.3, 0.4) is 0 Å². The third kappa shape index (κ3) is 41.1. The molecule has 1 unspecified atom stereocenters. The maximum Gasteiger partial charge on any atom is 0.472 e. The highest BCUT2D eigenvalue weighted by molar-refractivity contribution is 7.47. The van der Waals surface area contributed by atoms with Gasteiger partial charge in [0.25, 0.3) is 0 Å². The minimum absolute atomic E-state index is 0.0159. The van der Waals surface area contributed by atoms with Crippen LogP contribution in [0.5, 0.6) is 0 Å². The predicted molar refractivity (Wildman–Crippen MR) is 233 cm³/mol. The Labute approximate surface area is 342 Å². The number of hydrogen-bond donors (Lipinski definition) is 1. The van der Waals surface area contributed by atoms with Gasteiger partial charge in [-0.05, 0) is 77.0 Å². The summed E-state index contributed by atoms with van der Waals surface area (Å²) < 4.78 is 34.2. The van der Waals surface area contributed by atoms with Crippen LogP contribution < -0.4 is 0 Å². The van der Waals surface area contributed by atoms with E-state index in [4.69, 9.17) is 18.5 Å². The molecule has 9 nitrogen and oxygen atoms in total. The van der Waals surface area contributed by atoms with Gasteiger partial charge >= 0.3 is 19.8 Å². The molecule has 10 heteroatoms. The maximum absolute atomic E-state index is 12.7. The van der Waals surface area contributed by atoms with Crippen LogP contribution in [0.2, 0.25) is 0 Å². The lowest BCUT2D eigenvalue weighted by Gasteiger charge is -2.24. The van der Waals surface area contributed by atoms with Gasteiger partial charge in [-0.15, -0.1) is 0 Å². The lowest BCUT2D eigenvalue weighted by molar-refractivity contribution is -0.870. The van der Waals surface area contributed by atoms with Gasteiger partial charge in [0.15, 0.2) is 6.10 Å². The van der Waals surface area contributed by atoms with E-state index in [1.807, 2.05) is 33.3 Å². The molecule has 0 aliphatic rings. The molecule has 0 bridgehead atoms. The molecular formula is C46H81NO8P+. The van der Waals surface area contributed by atoms with Crippen molar-refractivity contribution in [2.45, 2.75) is 161 Å². The Balaban J connectivity index is 4.51. The van der Waals surface area contributed by atoms with Crippen molar-refractivity contribution in [3.8, 4) is 0 Å². The lowest BCUT2D eigenvalue weighted by atomic mass is 10.1. The Morgan fingerprint density at radius 1 is 0.554 bits per heavy atom. The standard InChI is InChI=1S/C46H80NO8P/c1-6-8-10-12-14-16-18-20-21-22-23-24-25-27-28-30-32-34-36-38-45(48)52-42-44(43-54-56(50,51)53-41-40-47(3,4)5)55-46(49)39-37-35-33-31-29-26-19-17-15-13-11-9-7-2/h14,16-17,19-21,23-24,27-28,32,34,44H,6-13,15,18,22,25-26,29-31,33,35-43H2,1-5H3/p+1/b16-14-,19-17-,21-20-,24-23-,28-27-,34-32-/t44-/m1/s1. The minimum atomic E-state index is -4.39. The van der Waals surface area contributed by atoms with Gasteiger partial charge in [0.2, 0.25) is 0 Å². The second-order valence-electron chi connectivity index (χ2n) is 15.4. The van der Waals surface area contributed by atoms with Gasteiger partial charge in [0.1, 0.15) is 19.8 Å². The number of hydrogen-bond acceptors (Lipinski definition) is 7. The predicted octanol–water partition coefficient (Wildman–Crippen LogP) is 12.2.